The van der Waals surface area contributed by atoms with Crippen molar-refractivity contribution in [2.24, 2.45) is 0 Å². The molecular formula is C29H22CuN6. The average molecular weight is 518 g/mol. The Bertz CT molecular complexity index is 1680. The van der Waals surface area contributed by atoms with E-state index in [1.165, 1.54) is 5.56 Å². The molecule has 6 heterocycles. The van der Waals surface area contributed by atoms with Gasteiger partial charge < -0.3 is 15.0 Å². The quantitative estimate of drug-likeness (QED) is 0.211. The van der Waals surface area contributed by atoms with Crippen molar-refractivity contribution < 1.29 is 17.1 Å². The molecule has 0 saturated heterocycles. The van der Waals surface area contributed by atoms with Crippen LogP contribution in [0.4, 0.5) is 0 Å². The van der Waals surface area contributed by atoms with Crippen LogP contribution >= 0.6 is 0 Å². The fraction of sp³-hybridized carbons (Fsp3) is 0. The third kappa shape index (κ3) is 5.28. The maximum atomic E-state index is 4.77. The second-order valence-electron chi connectivity index (χ2n) is 8.21. The third-order valence-corrected chi connectivity index (χ3v) is 5.66. The van der Waals surface area contributed by atoms with Gasteiger partial charge in [0, 0.05) is 57.1 Å². The van der Waals surface area contributed by atoms with Gasteiger partial charge in [-0.15, -0.1) is 0 Å². The summed E-state index contributed by atoms with van der Waals surface area (Å²) in [5.74, 6) is 0. The zero-order chi connectivity index (χ0) is 23.5. The molecule has 2 aliphatic heterocycles. The molecule has 7 rings (SSSR count). The number of hydrogen-bond acceptors (Lipinski definition) is 3. The fourth-order valence-electron chi connectivity index (χ4n) is 4.09. The number of aromatic amines is 3. The number of rotatable bonds is 1. The van der Waals surface area contributed by atoms with Gasteiger partial charge in [0.25, 0.3) is 0 Å². The van der Waals surface area contributed by atoms with Gasteiger partial charge in [-0.2, -0.15) is 0 Å². The van der Waals surface area contributed by atoms with Crippen LogP contribution in [-0.4, -0.2) is 29.9 Å². The van der Waals surface area contributed by atoms with Crippen molar-refractivity contribution in [2.45, 2.75) is 0 Å². The van der Waals surface area contributed by atoms with Gasteiger partial charge in [0.15, 0.2) is 0 Å². The summed E-state index contributed by atoms with van der Waals surface area (Å²) >= 11 is 0. The summed E-state index contributed by atoms with van der Waals surface area (Å²) in [5.41, 5.74) is 10.1. The summed E-state index contributed by atoms with van der Waals surface area (Å²) in [4.78, 5) is 22.9. The molecule has 7 heteroatoms. The van der Waals surface area contributed by atoms with Gasteiger partial charge in [-0.1, -0.05) is 30.3 Å². The molecule has 1 radical (unpaired) electrons. The summed E-state index contributed by atoms with van der Waals surface area (Å²) in [6.07, 6.45) is 13.2. The number of nitrogens with one attached hydrogen (secondary N) is 3. The maximum Gasteiger partial charge on any atom is 0.0919 e. The first-order valence-electron chi connectivity index (χ1n) is 11.4. The molecule has 179 valence electrons. The first-order valence-corrected chi connectivity index (χ1v) is 11.4. The number of benzene rings is 1. The van der Waals surface area contributed by atoms with Crippen molar-refractivity contribution >= 4 is 46.4 Å². The van der Waals surface area contributed by atoms with Crippen molar-refractivity contribution in [3.05, 3.63) is 114 Å². The van der Waals surface area contributed by atoms with Crippen molar-refractivity contribution in [3.8, 4) is 11.1 Å². The minimum atomic E-state index is 0. The van der Waals surface area contributed by atoms with E-state index in [1.807, 2.05) is 36.4 Å². The summed E-state index contributed by atoms with van der Waals surface area (Å²) < 4.78 is 0. The molecule has 6 nitrogen and oxygen atoms in total. The Morgan fingerprint density at radius 1 is 0.583 bits per heavy atom. The largest absolute Gasteiger partial charge is 0.355 e. The first kappa shape index (κ1) is 23.3. The second-order valence-corrected chi connectivity index (χ2v) is 8.21. The normalized spacial score (nSPS) is 11.4. The van der Waals surface area contributed by atoms with Crippen LogP contribution in [0.15, 0.2) is 91.5 Å². The van der Waals surface area contributed by atoms with E-state index >= 15 is 0 Å². The van der Waals surface area contributed by atoms with Crippen molar-refractivity contribution in [3.63, 3.8) is 0 Å². The number of H-pyrrole nitrogens is 3. The Balaban J connectivity index is 0.000000400. The maximum absolute atomic E-state index is 4.77. The van der Waals surface area contributed by atoms with Crippen molar-refractivity contribution in [2.75, 3.05) is 0 Å². The minimum absolute atomic E-state index is 0. The summed E-state index contributed by atoms with van der Waals surface area (Å²) in [7, 11) is 0. The van der Waals surface area contributed by atoms with E-state index in [4.69, 9.17) is 9.97 Å². The summed E-state index contributed by atoms with van der Waals surface area (Å²) in [6, 6.07) is 25.0. The van der Waals surface area contributed by atoms with Gasteiger partial charge in [0.1, 0.15) is 0 Å². The van der Waals surface area contributed by atoms with Crippen molar-refractivity contribution in [1.82, 2.24) is 29.9 Å². The van der Waals surface area contributed by atoms with Gasteiger partial charge in [-0.05, 0) is 72.3 Å². The molecule has 0 fully saturated rings. The Morgan fingerprint density at radius 2 is 1.19 bits per heavy atom. The molecular weight excluding hydrogens is 496 g/mol. The number of nitrogens with zero attached hydrogens (tertiary/aromatic N) is 3. The monoisotopic (exact) mass is 517 g/mol. The van der Waals surface area contributed by atoms with Crippen LogP contribution in [0.25, 0.3) is 57.5 Å². The summed E-state index contributed by atoms with van der Waals surface area (Å²) in [5, 5.41) is 0. The topological polar surface area (TPSA) is 86.0 Å². The standard InChI is InChI=1S/C26H18N4.C3H4N2.Cu/c1-2-4-17(5-3-1)25-15-24-14-22-9-8-20(28-22)12-18-6-7-19(27-18)13-21-10-11-23(29-21)16-26(25)30-24;1-2-5-3-4-1;/h1-16,27,30H;1-3H,(H,4,5);. The molecule has 0 saturated carbocycles. The Hall–Kier alpha value is -4.45. The molecule has 1 aromatic carbocycles. The van der Waals surface area contributed by atoms with E-state index in [0.29, 0.717) is 0 Å². The smallest absolute Gasteiger partial charge is 0.0919 e. The van der Waals surface area contributed by atoms with Gasteiger partial charge in [0.05, 0.1) is 29.1 Å². The molecule has 5 aromatic rings. The predicted molar refractivity (Wildman–Crippen MR) is 143 cm³/mol. The van der Waals surface area contributed by atoms with Gasteiger partial charge in [0.2, 0.25) is 0 Å². The second kappa shape index (κ2) is 10.4. The van der Waals surface area contributed by atoms with E-state index < -0.39 is 0 Å². The van der Waals surface area contributed by atoms with Gasteiger partial charge >= 0.3 is 0 Å². The Labute approximate surface area is 218 Å². The van der Waals surface area contributed by atoms with E-state index in [-0.39, 0.29) is 17.1 Å². The summed E-state index contributed by atoms with van der Waals surface area (Å²) in [6.45, 7) is 0. The van der Waals surface area contributed by atoms with Crippen LogP contribution in [0, 0.1) is 0 Å². The molecule has 2 aliphatic rings. The molecule has 36 heavy (non-hydrogen) atoms. The van der Waals surface area contributed by atoms with Crippen LogP contribution in [0.2, 0.25) is 0 Å². The van der Waals surface area contributed by atoms with E-state index in [0.717, 1.165) is 50.4 Å². The van der Waals surface area contributed by atoms with E-state index in [1.54, 1.807) is 18.7 Å². The molecule has 0 amide bonds. The van der Waals surface area contributed by atoms with Gasteiger partial charge in [-0.3, -0.25) is 0 Å². The molecule has 3 N–H and O–H groups in total. The SMILES string of the molecule is C1=Cc2cc3cc(-c4ccccc4)c(cc4nc(cc5ccc(cc1n2)[nH]5)C=C4)[nH]3.[Cu].c1c[nH]cn1. The third-order valence-electron chi connectivity index (χ3n) is 5.66. The number of fused-ring (bicyclic) bond motifs is 8. The molecule has 0 aliphatic carbocycles. The zero-order valence-corrected chi connectivity index (χ0v) is 20.1. The number of imidazole rings is 1. The minimum Gasteiger partial charge on any atom is -0.355 e. The molecule has 0 unspecified atom stereocenters. The number of hydrogen-bond donors (Lipinski definition) is 3. The van der Waals surface area contributed by atoms with Crippen LogP contribution in [0.5, 0.6) is 0 Å². The van der Waals surface area contributed by atoms with Crippen LogP contribution in [-0.2, 0) is 17.1 Å². The Morgan fingerprint density at radius 3 is 1.75 bits per heavy atom. The van der Waals surface area contributed by atoms with Crippen LogP contribution in [0.3, 0.4) is 0 Å². The first-order chi connectivity index (χ1) is 17.3. The van der Waals surface area contributed by atoms with Crippen molar-refractivity contribution in [1.29, 1.82) is 0 Å². The Kier molecular flexibility index (Phi) is 6.76. The molecule has 8 bridgehead atoms. The van der Waals surface area contributed by atoms with E-state index in [2.05, 4.69) is 80.6 Å². The van der Waals surface area contributed by atoms with Gasteiger partial charge in [-0.25, -0.2) is 15.0 Å². The molecule has 0 spiro atoms. The predicted octanol–water partition coefficient (Wildman–Crippen LogP) is 6.73. The fourth-order valence-corrected chi connectivity index (χ4v) is 4.09. The average Bonchev–Trinajstić information content (AvgIpc) is 3.69. The van der Waals surface area contributed by atoms with Crippen LogP contribution in [0.1, 0.15) is 22.8 Å². The van der Waals surface area contributed by atoms with E-state index in [9.17, 15) is 0 Å². The zero-order valence-electron chi connectivity index (χ0n) is 19.1. The van der Waals surface area contributed by atoms with Crippen LogP contribution < -0.4 is 0 Å². The molecule has 0 atom stereocenters. The number of aromatic nitrogens is 6. The molecule has 4 aromatic heterocycles.